The number of aryl methyl sites for hydroxylation is 1. The molecule has 3 atom stereocenters. The molecule has 5 heteroatoms. The predicted molar refractivity (Wildman–Crippen MR) is 96.9 cm³/mol. The highest BCUT2D eigenvalue weighted by atomic mass is 16.5. The van der Waals surface area contributed by atoms with Gasteiger partial charge in [0.05, 0.1) is 17.7 Å². The van der Waals surface area contributed by atoms with Crippen molar-refractivity contribution in [1.82, 2.24) is 9.88 Å². The van der Waals surface area contributed by atoms with Crippen LogP contribution < -0.4 is 0 Å². The van der Waals surface area contributed by atoms with Gasteiger partial charge in [0.1, 0.15) is 5.69 Å². The Labute approximate surface area is 148 Å². The van der Waals surface area contributed by atoms with Crippen LogP contribution in [0.15, 0.2) is 24.3 Å². The van der Waals surface area contributed by atoms with Crippen LogP contribution in [0.5, 0.6) is 0 Å². The Balaban J connectivity index is 1.68. The second kappa shape index (κ2) is 6.15. The molecule has 1 aromatic carbocycles. The number of carbonyl (C=O) groups excluding carboxylic acids is 1. The molecule has 1 saturated carbocycles. The highest BCUT2D eigenvalue weighted by Gasteiger charge is 2.53. The van der Waals surface area contributed by atoms with E-state index in [1.165, 1.54) is 0 Å². The lowest BCUT2D eigenvalue weighted by molar-refractivity contribution is -0.0894. The van der Waals surface area contributed by atoms with Gasteiger partial charge in [0.2, 0.25) is 0 Å². The molecular weight excluding hydrogens is 316 g/mol. The first-order valence-corrected chi connectivity index (χ1v) is 9.06. The van der Waals surface area contributed by atoms with Gasteiger partial charge < -0.3 is 19.4 Å². The molecule has 1 aromatic heterocycles. The van der Waals surface area contributed by atoms with Gasteiger partial charge in [0.25, 0.3) is 5.91 Å². The summed E-state index contributed by atoms with van der Waals surface area (Å²) < 4.78 is 11.5. The van der Waals surface area contributed by atoms with Crippen molar-refractivity contribution in [2.45, 2.75) is 50.4 Å². The summed E-state index contributed by atoms with van der Waals surface area (Å²) in [5, 5.41) is 1.11. The van der Waals surface area contributed by atoms with Crippen molar-refractivity contribution in [3.63, 3.8) is 0 Å². The first kappa shape index (κ1) is 16.6. The van der Waals surface area contributed by atoms with E-state index in [2.05, 4.69) is 11.1 Å². The smallest absolute Gasteiger partial charge is 0.270 e. The van der Waals surface area contributed by atoms with Crippen molar-refractivity contribution in [3.8, 4) is 0 Å². The lowest BCUT2D eigenvalue weighted by Gasteiger charge is -2.43. The maximum absolute atomic E-state index is 13.3. The number of aromatic amines is 1. The molecule has 134 valence electrons. The number of carbonyl (C=O) groups is 1. The summed E-state index contributed by atoms with van der Waals surface area (Å²) in [6.07, 6.45) is 3.88. The number of hydrogen-bond donors (Lipinski definition) is 1. The molecule has 1 saturated heterocycles. The molecule has 2 fully saturated rings. The third-order valence-corrected chi connectivity index (χ3v) is 6.32. The van der Waals surface area contributed by atoms with E-state index in [1.807, 2.05) is 30.0 Å². The Bertz CT molecular complexity index is 799. The molecule has 5 nitrogen and oxygen atoms in total. The first-order chi connectivity index (χ1) is 12.1. The van der Waals surface area contributed by atoms with Crippen LogP contribution in [-0.4, -0.2) is 54.3 Å². The molecule has 2 aromatic rings. The number of para-hydroxylation sites is 1. The van der Waals surface area contributed by atoms with Crippen LogP contribution >= 0.6 is 0 Å². The fraction of sp³-hybridized carbons (Fsp3) is 0.550. The summed E-state index contributed by atoms with van der Waals surface area (Å²) >= 11 is 0. The fourth-order valence-electron chi connectivity index (χ4n) is 4.76. The number of methoxy groups -OCH3 is 2. The highest BCUT2D eigenvalue weighted by Crippen LogP contribution is 2.43. The fourth-order valence-corrected chi connectivity index (χ4v) is 4.76. The minimum absolute atomic E-state index is 0.0781. The maximum atomic E-state index is 13.3. The molecule has 0 spiro atoms. The number of ether oxygens (including phenoxy) is 2. The summed E-state index contributed by atoms with van der Waals surface area (Å²) in [4.78, 5) is 18.7. The normalized spacial score (nSPS) is 29.2. The van der Waals surface area contributed by atoms with E-state index in [0.717, 1.165) is 48.7 Å². The number of aromatic nitrogens is 1. The predicted octanol–water partition coefficient (Wildman–Crippen LogP) is 3.27. The average Bonchev–Trinajstić information content (AvgIpc) is 3.19. The zero-order valence-corrected chi connectivity index (χ0v) is 15.2. The molecule has 1 N–H and O–H groups in total. The van der Waals surface area contributed by atoms with E-state index in [0.29, 0.717) is 5.69 Å². The van der Waals surface area contributed by atoms with Gasteiger partial charge in [0.15, 0.2) is 0 Å². The van der Waals surface area contributed by atoms with Gasteiger partial charge in [-0.15, -0.1) is 0 Å². The van der Waals surface area contributed by atoms with Gasteiger partial charge in [-0.3, -0.25) is 4.79 Å². The van der Waals surface area contributed by atoms with Crippen molar-refractivity contribution in [2.75, 3.05) is 20.8 Å². The van der Waals surface area contributed by atoms with Gasteiger partial charge in [-0.25, -0.2) is 0 Å². The molecule has 0 unspecified atom stereocenters. The largest absolute Gasteiger partial charge is 0.381 e. The maximum Gasteiger partial charge on any atom is 0.270 e. The van der Waals surface area contributed by atoms with Crippen molar-refractivity contribution < 1.29 is 14.3 Å². The topological polar surface area (TPSA) is 54.6 Å². The lowest BCUT2D eigenvalue weighted by atomic mass is 9.79. The molecular formula is C20H26N2O3. The van der Waals surface area contributed by atoms with Crippen molar-refractivity contribution in [3.05, 3.63) is 35.5 Å². The summed E-state index contributed by atoms with van der Waals surface area (Å²) in [6, 6.07) is 8.15. The Morgan fingerprint density at radius 1 is 1.28 bits per heavy atom. The van der Waals surface area contributed by atoms with Gasteiger partial charge in [-0.1, -0.05) is 18.2 Å². The van der Waals surface area contributed by atoms with Crippen LogP contribution in [0.4, 0.5) is 0 Å². The molecule has 4 rings (SSSR count). The molecule has 1 aliphatic heterocycles. The SMILES string of the molecule is CO[C@@H]1CC[C@@]2(OC)CCN(C(=O)c3[nH]c4ccccc4c3C)[C@H]2C1. The number of fused-ring (bicyclic) bond motifs is 2. The summed E-state index contributed by atoms with van der Waals surface area (Å²) in [5.74, 6) is 0.0781. The number of likely N-dealkylation sites (tertiary alicyclic amines) is 1. The molecule has 2 heterocycles. The Hall–Kier alpha value is -1.85. The van der Waals surface area contributed by atoms with Gasteiger partial charge in [0, 0.05) is 31.7 Å². The molecule has 0 radical (unpaired) electrons. The number of benzene rings is 1. The molecule has 0 bridgehead atoms. The Morgan fingerprint density at radius 2 is 2.08 bits per heavy atom. The van der Waals surface area contributed by atoms with Gasteiger partial charge in [-0.2, -0.15) is 0 Å². The number of hydrogen-bond acceptors (Lipinski definition) is 3. The van der Waals surface area contributed by atoms with Crippen molar-refractivity contribution >= 4 is 16.8 Å². The number of H-pyrrole nitrogens is 1. The first-order valence-electron chi connectivity index (χ1n) is 9.06. The summed E-state index contributed by atoms with van der Waals surface area (Å²) in [7, 11) is 3.54. The van der Waals surface area contributed by atoms with E-state index in [1.54, 1.807) is 14.2 Å². The second-order valence-corrected chi connectivity index (χ2v) is 7.34. The average molecular weight is 342 g/mol. The van der Waals surface area contributed by atoms with Crippen LogP contribution in [0.2, 0.25) is 0 Å². The number of amides is 1. The van der Waals surface area contributed by atoms with Gasteiger partial charge >= 0.3 is 0 Å². The minimum atomic E-state index is -0.218. The highest BCUT2D eigenvalue weighted by molar-refractivity contribution is 6.01. The third kappa shape index (κ3) is 2.49. The van der Waals surface area contributed by atoms with Crippen molar-refractivity contribution in [2.24, 2.45) is 0 Å². The minimum Gasteiger partial charge on any atom is -0.381 e. The van der Waals surface area contributed by atoms with E-state index in [4.69, 9.17) is 9.47 Å². The lowest BCUT2D eigenvalue weighted by Crippen LogP contribution is -2.53. The van der Waals surface area contributed by atoms with Gasteiger partial charge in [-0.05, 0) is 44.2 Å². The van der Waals surface area contributed by atoms with Crippen LogP contribution in [-0.2, 0) is 9.47 Å². The van der Waals surface area contributed by atoms with E-state index in [-0.39, 0.29) is 23.7 Å². The number of nitrogens with one attached hydrogen (secondary N) is 1. The quantitative estimate of drug-likeness (QED) is 0.931. The summed E-state index contributed by atoms with van der Waals surface area (Å²) in [6.45, 7) is 2.76. The number of nitrogens with zero attached hydrogens (tertiary/aromatic N) is 1. The number of rotatable bonds is 3. The zero-order chi connectivity index (χ0) is 17.6. The third-order valence-electron chi connectivity index (χ3n) is 6.32. The van der Waals surface area contributed by atoms with Crippen LogP contribution in [0.1, 0.15) is 41.7 Å². The van der Waals surface area contributed by atoms with E-state index >= 15 is 0 Å². The van der Waals surface area contributed by atoms with Crippen molar-refractivity contribution in [1.29, 1.82) is 0 Å². The molecule has 2 aliphatic rings. The monoisotopic (exact) mass is 342 g/mol. The molecule has 1 amide bonds. The molecule has 1 aliphatic carbocycles. The van der Waals surface area contributed by atoms with Crippen LogP contribution in [0.25, 0.3) is 10.9 Å². The van der Waals surface area contributed by atoms with E-state index < -0.39 is 0 Å². The summed E-state index contributed by atoms with van der Waals surface area (Å²) in [5.41, 5.74) is 2.52. The Morgan fingerprint density at radius 3 is 2.80 bits per heavy atom. The van der Waals surface area contributed by atoms with E-state index in [9.17, 15) is 4.79 Å². The van der Waals surface area contributed by atoms with Crippen LogP contribution in [0, 0.1) is 6.92 Å². The van der Waals surface area contributed by atoms with Crippen LogP contribution in [0.3, 0.4) is 0 Å². The zero-order valence-electron chi connectivity index (χ0n) is 15.2. The second-order valence-electron chi connectivity index (χ2n) is 7.34. The Kier molecular flexibility index (Phi) is 4.08. The molecule has 25 heavy (non-hydrogen) atoms. The standard InChI is InChI=1S/C20H26N2O3/c1-13-15-6-4-5-7-16(15)21-18(13)19(23)22-11-10-20(25-3)9-8-14(24-2)12-17(20)22/h4-7,14,17,21H,8-12H2,1-3H3/t14-,17+,20-/m1/s1.